The van der Waals surface area contributed by atoms with Gasteiger partial charge < -0.3 is 26.0 Å². The lowest BCUT2D eigenvalue weighted by atomic mass is 9.95. The Balaban J connectivity index is 0.00000392. The van der Waals surface area contributed by atoms with Gasteiger partial charge in [-0.25, -0.2) is 0 Å². The molecule has 1 saturated heterocycles. The number of hydrogen-bond acceptors (Lipinski definition) is 4. The van der Waals surface area contributed by atoms with Crippen LogP contribution in [0.4, 0.5) is 5.69 Å². The fourth-order valence-electron chi connectivity index (χ4n) is 3.24. The van der Waals surface area contributed by atoms with Crippen molar-refractivity contribution in [1.82, 2.24) is 10.2 Å². The van der Waals surface area contributed by atoms with Gasteiger partial charge in [-0.15, -0.1) is 24.0 Å². The van der Waals surface area contributed by atoms with E-state index in [0.29, 0.717) is 31.0 Å². The summed E-state index contributed by atoms with van der Waals surface area (Å²) >= 11 is 0. The highest BCUT2D eigenvalue weighted by molar-refractivity contribution is 14.0. The number of carbonyl (C=O) groups is 2. The first-order chi connectivity index (χ1) is 13.0. The Morgan fingerprint density at radius 2 is 2.18 bits per heavy atom. The number of ether oxygens (including phenoxy) is 1. The zero-order valence-electron chi connectivity index (χ0n) is 16.4. The van der Waals surface area contributed by atoms with Crippen LogP contribution in [0, 0.1) is 5.92 Å². The summed E-state index contributed by atoms with van der Waals surface area (Å²) in [5.74, 6) is 1.41. The highest BCUT2D eigenvalue weighted by Crippen LogP contribution is 2.19. The van der Waals surface area contributed by atoms with Crippen LogP contribution in [0.15, 0.2) is 29.3 Å². The van der Waals surface area contributed by atoms with Crippen LogP contribution in [-0.4, -0.2) is 56.0 Å². The van der Waals surface area contributed by atoms with Crippen LogP contribution in [0.25, 0.3) is 0 Å². The molecule has 0 aromatic heterocycles. The Kier molecular flexibility index (Phi) is 10.6. The van der Waals surface area contributed by atoms with E-state index in [0.717, 1.165) is 31.9 Å². The number of nitrogens with one attached hydrogen (secondary N) is 2. The quantitative estimate of drug-likeness (QED) is 0.228. The SMILES string of the molecule is CN=C(NCCOc1cccc(NC(C)=O)c1)N1CCCC(CC(N)=O)C1.I. The highest BCUT2D eigenvalue weighted by Gasteiger charge is 2.23. The molecule has 4 N–H and O–H groups in total. The number of rotatable bonds is 7. The summed E-state index contributed by atoms with van der Waals surface area (Å²) in [5, 5.41) is 6.03. The van der Waals surface area contributed by atoms with Gasteiger partial charge in [-0.3, -0.25) is 14.6 Å². The van der Waals surface area contributed by atoms with E-state index in [4.69, 9.17) is 10.5 Å². The molecule has 9 heteroatoms. The van der Waals surface area contributed by atoms with Gasteiger partial charge >= 0.3 is 0 Å². The monoisotopic (exact) mass is 503 g/mol. The summed E-state index contributed by atoms with van der Waals surface area (Å²) in [6, 6.07) is 7.28. The summed E-state index contributed by atoms with van der Waals surface area (Å²) in [7, 11) is 1.75. The molecule has 0 bridgehead atoms. The Bertz CT molecular complexity index is 683. The lowest BCUT2D eigenvalue weighted by Crippen LogP contribution is -2.48. The van der Waals surface area contributed by atoms with E-state index in [1.54, 1.807) is 13.1 Å². The van der Waals surface area contributed by atoms with Crippen molar-refractivity contribution in [3.63, 3.8) is 0 Å². The number of anilines is 1. The standard InChI is InChI=1S/C19H29N5O3.HI/c1-14(25)23-16-6-3-7-17(12-16)27-10-8-22-19(21-2)24-9-4-5-15(13-24)11-18(20)26;/h3,6-7,12,15H,4-5,8-11,13H2,1-2H3,(H2,20,26)(H,21,22)(H,23,25);1H. The Hall–Kier alpha value is -2.04. The molecular weight excluding hydrogens is 473 g/mol. The molecule has 2 rings (SSSR count). The van der Waals surface area contributed by atoms with Crippen LogP contribution in [0.5, 0.6) is 5.75 Å². The third-order valence-corrected chi connectivity index (χ3v) is 4.33. The van der Waals surface area contributed by atoms with Crippen molar-refractivity contribution >= 4 is 47.4 Å². The van der Waals surface area contributed by atoms with Gasteiger partial charge in [0.2, 0.25) is 11.8 Å². The molecule has 1 aliphatic rings. The normalized spacial score (nSPS) is 16.7. The predicted molar refractivity (Wildman–Crippen MR) is 121 cm³/mol. The maximum absolute atomic E-state index is 11.2. The van der Waals surface area contributed by atoms with E-state index in [9.17, 15) is 9.59 Å². The fourth-order valence-corrected chi connectivity index (χ4v) is 3.24. The summed E-state index contributed by atoms with van der Waals surface area (Å²) in [6.07, 6.45) is 2.45. The molecule has 1 unspecified atom stereocenters. The summed E-state index contributed by atoms with van der Waals surface area (Å²) in [5.41, 5.74) is 6.03. The van der Waals surface area contributed by atoms with Crippen molar-refractivity contribution in [2.24, 2.45) is 16.6 Å². The maximum atomic E-state index is 11.2. The average molecular weight is 503 g/mol. The molecule has 1 fully saturated rings. The predicted octanol–water partition coefficient (Wildman–Crippen LogP) is 1.80. The van der Waals surface area contributed by atoms with Gasteiger partial charge in [0.25, 0.3) is 0 Å². The van der Waals surface area contributed by atoms with Crippen molar-refractivity contribution < 1.29 is 14.3 Å². The Labute approximate surface area is 183 Å². The number of hydrogen-bond donors (Lipinski definition) is 3. The zero-order chi connectivity index (χ0) is 19.6. The topological polar surface area (TPSA) is 109 Å². The van der Waals surface area contributed by atoms with Crippen molar-refractivity contribution in [2.75, 3.05) is 38.6 Å². The van der Waals surface area contributed by atoms with E-state index in [1.807, 2.05) is 18.2 Å². The van der Waals surface area contributed by atoms with E-state index in [1.165, 1.54) is 6.92 Å². The molecule has 1 atom stereocenters. The van der Waals surface area contributed by atoms with Gasteiger partial charge in [-0.05, 0) is 30.9 Å². The number of benzene rings is 1. The molecule has 0 aliphatic carbocycles. The first-order valence-electron chi connectivity index (χ1n) is 9.22. The molecular formula is C19H30IN5O3. The minimum atomic E-state index is -0.250. The highest BCUT2D eigenvalue weighted by atomic mass is 127. The number of carbonyl (C=O) groups excluding carboxylic acids is 2. The molecule has 1 aliphatic heterocycles. The van der Waals surface area contributed by atoms with Crippen molar-refractivity contribution in [1.29, 1.82) is 0 Å². The molecule has 2 amide bonds. The largest absolute Gasteiger partial charge is 0.492 e. The molecule has 8 nitrogen and oxygen atoms in total. The minimum Gasteiger partial charge on any atom is -0.492 e. The van der Waals surface area contributed by atoms with Gasteiger partial charge in [0, 0.05) is 45.2 Å². The van der Waals surface area contributed by atoms with Crippen LogP contribution in [0.2, 0.25) is 0 Å². The van der Waals surface area contributed by atoms with Gasteiger partial charge in [-0.1, -0.05) is 6.07 Å². The minimum absolute atomic E-state index is 0. The number of likely N-dealkylation sites (tertiary alicyclic amines) is 1. The van der Waals surface area contributed by atoms with Gasteiger partial charge in [0.15, 0.2) is 5.96 Å². The van der Waals surface area contributed by atoms with E-state index in [-0.39, 0.29) is 41.7 Å². The van der Waals surface area contributed by atoms with Crippen LogP contribution in [-0.2, 0) is 9.59 Å². The third-order valence-electron chi connectivity index (χ3n) is 4.33. The second-order valence-electron chi connectivity index (χ2n) is 6.66. The van der Waals surface area contributed by atoms with Gasteiger partial charge in [0.05, 0.1) is 6.54 Å². The molecule has 0 spiro atoms. The van der Waals surface area contributed by atoms with E-state index in [2.05, 4.69) is 20.5 Å². The molecule has 28 heavy (non-hydrogen) atoms. The molecule has 0 saturated carbocycles. The average Bonchev–Trinajstić information content (AvgIpc) is 2.61. The van der Waals surface area contributed by atoms with Crippen molar-refractivity contribution in [2.45, 2.75) is 26.2 Å². The zero-order valence-corrected chi connectivity index (χ0v) is 18.8. The maximum Gasteiger partial charge on any atom is 0.221 e. The van der Waals surface area contributed by atoms with Gasteiger partial charge in [-0.2, -0.15) is 0 Å². The summed E-state index contributed by atoms with van der Waals surface area (Å²) in [4.78, 5) is 28.8. The van der Waals surface area contributed by atoms with Crippen LogP contribution in [0.1, 0.15) is 26.2 Å². The second kappa shape index (κ2) is 12.4. The lowest BCUT2D eigenvalue weighted by molar-refractivity contribution is -0.119. The van der Waals surface area contributed by atoms with Crippen LogP contribution in [0.3, 0.4) is 0 Å². The first-order valence-corrected chi connectivity index (χ1v) is 9.22. The lowest BCUT2D eigenvalue weighted by Gasteiger charge is -2.34. The molecule has 1 aromatic rings. The molecule has 156 valence electrons. The summed E-state index contributed by atoms with van der Waals surface area (Å²) < 4.78 is 5.74. The van der Waals surface area contributed by atoms with Crippen LogP contribution < -0.4 is 21.1 Å². The number of nitrogens with two attached hydrogens (primary N) is 1. The molecule has 1 aromatic carbocycles. The van der Waals surface area contributed by atoms with Crippen molar-refractivity contribution in [3.05, 3.63) is 24.3 Å². The second-order valence-corrected chi connectivity index (χ2v) is 6.66. The molecule has 1 heterocycles. The Morgan fingerprint density at radius 1 is 1.39 bits per heavy atom. The molecule has 0 radical (unpaired) electrons. The number of piperidine rings is 1. The number of primary amides is 1. The Morgan fingerprint density at radius 3 is 2.86 bits per heavy atom. The van der Waals surface area contributed by atoms with Crippen LogP contribution >= 0.6 is 24.0 Å². The number of halogens is 1. The van der Waals surface area contributed by atoms with Gasteiger partial charge in [0.1, 0.15) is 12.4 Å². The third kappa shape index (κ3) is 8.32. The smallest absolute Gasteiger partial charge is 0.221 e. The number of aliphatic imine (C=N–C) groups is 1. The van der Waals surface area contributed by atoms with Crippen molar-refractivity contribution in [3.8, 4) is 5.75 Å². The number of amides is 2. The van der Waals surface area contributed by atoms with E-state index >= 15 is 0 Å². The number of nitrogens with zero attached hydrogens (tertiary/aromatic N) is 2. The summed E-state index contributed by atoms with van der Waals surface area (Å²) in [6.45, 7) is 4.21. The fraction of sp³-hybridized carbons (Fsp3) is 0.526. The van der Waals surface area contributed by atoms with E-state index < -0.39 is 0 Å². The number of guanidine groups is 1. The first kappa shape index (κ1) is 24.0.